The fourth-order valence-corrected chi connectivity index (χ4v) is 4.09. The van der Waals surface area contributed by atoms with Crippen LogP contribution in [0.25, 0.3) is 0 Å². The third-order valence-corrected chi connectivity index (χ3v) is 5.75. The number of rotatable bonds is 3. The molecule has 3 fully saturated rings. The molecule has 1 spiro atoms. The summed E-state index contributed by atoms with van der Waals surface area (Å²) in [6, 6.07) is 10.2. The molecule has 27 heavy (non-hydrogen) atoms. The fraction of sp³-hybridized carbons (Fsp3) is 0.600. The van der Waals surface area contributed by atoms with Crippen LogP contribution in [0.5, 0.6) is 0 Å². The first kappa shape index (κ1) is 18.3. The number of amides is 2. The number of benzene rings is 1. The fourth-order valence-electron chi connectivity index (χ4n) is 4.09. The maximum Gasteiger partial charge on any atom is 0.232 e. The van der Waals surface area contributed by atoms with Gasteiger partial charge < -0.3 is 24.2 Å². The van der Waals surface area contributed by atoms with Crippen molar-refractivity contribution in [2.45, 2.75) is 25.0 Å². The summed E-state index contributed by atoms with van der Waals surface area (Å²) in [6.07, 6.45) is 1.32. The van der Waals surface area contributed by atoms with E-state index in [1.165, 1.54) is 5.69 Å². The van der Waals surface area contributed by atoms with Crippen LogP contribution in [0.2, 0.25) is 0 Å². The van der Waals surface area contributed by atoms with E-state index in [1.54, 1.807) is 4.90 Å². The number of piperidine rings is 1. The minimum absolute atomic E-state index is 0.0416. The largest absolute Gasteiger partial charge is 0.368 e. The van der Waals surface area contributed by atoms with Crippen LogP contribution in [0.15, 0.2) is 30.3 Å². The van der Waals surface area contributed by atoms with Crippen molar-refractivity contribution in [3.8, 4) is 0 Å². The number of hydrogen-bond donors (Lipinski definition) is 0. The highest BCUT2D eigenvalue weighted by molar-refractivity contribution is 5.97. The molecule has 7 nitrogen and oxygen atoms in total. The van der Waals surface area contributed by atoms with Crippen LogP contribution >= 0.6 is 0 Å². The molecular weight excluding hydrogens is 346 g/mol. The van der Waals surface area contributed by atoms with E-state index in [0.717, 1.165) is 13.1 Å². The Morgan fingerprint density at radius 1 is 0.815 bits per heavy atom. The summed E-state index contributed by atoms with van der Waals surface area (Å²) in [7, 11) is 0. The quantitative estimate of drug-likeness (QED) is 0.743. The van der Waals surface area contributed by atoms with Crippen LogP contribution in [-0.4, -0.2) is 79.9 Å². The number of para-hydroxylation sites is 1. The molecule has 4 rings (SSSR count). The lowest BCUT2D eigenvalue weighted by Crippen LogP contribution is -2.51. The topological polar surface area (TPSA) is 62.3 Å². The van der Waals surface area contributed by atoms with Gasteiger partial charge in [0.25, 0.3) is 0 Å². The molecule has 0 aliphatic carbocycles. The monoisotopic (exact) mass is 373 g/mol. The third kappa shape index (κ3) is 4.09. The molecule has 0 unspecified atom stereocenters. The van der Waals surface area contributed by atoms with Crippen molar-refractivity contribution >= 4 is 17.5 Å². The number of ether oxygens (including phenoxy) is 2. The van der Waals surface area contributed by atoms with E-state index >= 15 is 0 Å². The van der Waals surface area contributed by atoms with Crippen molar-refractivity contribution in [3.05, 3.63) is 30.3 Å². The summed E-state index contributed by atoms with van der Waals surface area (Å²) < 4.78 is 11.4. The van der Waals surface area contributed by atoms with Gasteiger partial charge in [0.15, 0.2) is 5.79 Å². The summed E-state index contributed by atoms with van der Waals surface area (Å²) in [5.41, 5.74) is 1.18. The highest BCUT2D eigenvalue weighted by Crippen LogP contribution is 2.31. The number of hydrogen-bond acceptors (Lipinski definition) is 5. The Labute approximate surface area is 159 Å². The zero-order valence-electron chi connectivity index (χ0n) is 15.6. The molecule has 0 radical (unpaired) electrons. The second-order valence-electron chi connectivity index (χ2n) is 7.37. The number of piperazine rings is 1. The Kier molecular flexibility index (Phi) is 5.31. The van der Waals surface area contributed by atoms with Crippen molar-refractivity contribution in [3.63, 3.8) is 0 Å². The van der Waals surface area contributed by atoms with Crippen LogP contribution in [0.4, 0.5) is 5.69 Å². The van der Waals surface area contributed by atoms with Crippen LogP contribution < -0.4 is 4.90 Å². The van der Waals surface area contributed by atoms with Gasteiger partial charge in [-0.15, -0.1) is 0 Å². The molecule has 2 amide bonds. The van der Waals surface area contributed by atoms with E-state index in [2.05, 4.69) is 17.0 Å². The van der Waals surface area contributed by atoms with Gasteiger partial charge in [-0.25, -0.2) is 0 Å². The summed E-state index contributed by atoms with van der Waals surface area (Å²) >= 11 is 0. The molecule has 7 heteroatoms. The first-order valence-electron chi connectivity index (χ1n) is 9.79. The van der Waals surface area contributed by atoms with Crippen molar-refractivity contribution in [2.75, 3.05) is 57.4 Å². The van der Waals surface area contributed by atoms with Crippen LogP contribution in [0.1, 0.15) is 19.3 Å². The van der Waals surface area contributed by atoms with Crippen molar-refractivity contribution < 1.29 is 19.1 Å². The smallest absolute Gasteiger partial charge is 0.232 e. The van der Waals surface area contributed by atoms with Crippen LogP contribution in [0.3, 0.4) is 0 Å². The lowest BCUT2D eigenvalue weighted by Gasteiger charge is -2.38. The second kappa shape index (κ2) is 7.86. The summed E-state index contributed by atoms with van der Waals surface area (Å²) in [5.74, 6) is -0.645. The Bertz CT molecular complexity index is 657. The maximum atomic E-state index is 12.6. The lowest BCUT2D eigenvalue weighted by molar-refractivity contribution is -0.187. The van der Waals surface area contributed by atoms with Crippen molar-refractivity contribution in [2.24, 2.45) is 0 Å². The van der Waals surface area contributed by atoms with Crippen LogP contribution in [0, 0.1) is 0 Å². The summed E-state index contributed by atoms with van der Waals surface area (Å²) in [5, 5.41) is 0. The molecule has 1 aromatic rings. The van der Waals surface area contributed by atoms with Gasteiger partial charge in [0, 0.05) is 57.8 Å². The molecule has 146 valence electrons. The SMILES string of the molecule is O=C(CC(=O)N1CCC2(CC1)OCCO2)N1CCN(c2ccccc2)CC1. The zero-order valence-corrected chi connectivity index (χ0v) is 15.6. The zero-order chi connectivity index (χ0) is 18.7. The van der Waals surface area contributed by atoms with Gasteiger partial charge in [0.05, 0.1) is 13.2 Å². The average Bonchev–Trinajstić information content (AvgIpc) is 3.17. The van der Waals surface area contributed by atoms with Gasteiger partial charge in [-0.3, -0.25) is 9.59 Å². The van der Waals surface area contributed by atoms with Gasteiger partial charge >= 0.3 is 0 Å². The van der Waals surface area contributed by atoms with E-state index in [0.29, 0.717) is 52.2 Å². The summed E-state index contributed by atoms with van der Waals surface area (Å²) in [4.78, 5) is 30.9. The molecule has 3 aliphatic heterocycles. The molecule has 1 aromatic carbocycles. The highest BCUT2D eigenvalue weighted by atomic mass is 16.7. The van der Waals surface area contributed by atoms with Gasteiger partial charge in [-0.2, -0.15) is 0 Å². The first-order valence-corrected chi connectivity index (χ1v) is 9.79. The third-order valence-electron chi connectivity index (χ3n) is 5.75. The van der Waals surface area contributed by atoms with E-state index in [-0.39, 0.29) is 18.2 Å². The Morgan fingerprint density at radius 2 is 1.37 bits per heavy atom. The Morgan fingerprint density at radius 3 is 1.96 bits per heavy atom. The van der Waals surface area contributed by atoms with Gasteiger partial charge in [-0.1, -0.05) is 18.2 Å². The Balaban J connectivity index is 1.23. The molecule has 3 saturated heterocycles. The minimum Gasteiger partial charge on any atom is -0.368 e. The summed E-state index contributed by atoms with van der Waals surface area (Å²) in [6.45, 7) is 5.35. The predicted molar refractivity (Wildman–Crippen MR) is 100 cm³/mol. The standard InChI is InChI=1S/C20H27N3O4/c24-18(22-8-6-20(7-9-22)26-14-15-27-20)16-19(25)23-12-10-21(11-13-23)17-4-2-1-3-5-17/h1-5H,6-16H2. The molecule has 0 saturated carbocycles. The molecule has 3 heterocycles. The van der Waals surface area contributed by atoms with E-state index in [9.17, 15) is 9.59 Å². The Hall–Kier alpha value is -2.12. The number of likely N-dealkylation sites (tertiary alicyclic amines) is 1. The molecule has 0 aromatic heterocycles. The van der Waals surface area contributed by atoms with Crippen molar-refractivity contribution in [1.29, 1.82) is 0 Å². The van der Waals surface area contributed by atoms with Gasteiger partial charge in [0.2, 0.25) is 11.8 Å². The molecule has 0 bridgehead atoms. The predicted octanol–water partition coefficient (Wildman–Crippen LogP) is 1.09. The van der Waals surface area contributed by atoms with Crippen LogP contribution in [-0.2, 0) is 19.1 Å². The highest BCUT2D eigenvalue weighted by Gasteiger charge is 2.41. The molecule has 3 aliphatic rings. The second-order valence-corrected chi connectivity index (χ2v) is 7.37. The van der Waals surface area contributed by atoms with Gasteiger partial charge in [-0.05, 0) is 12.1 Å². The first-order chi connectivity index (χ1) is 13.2. The number of carbonyl (C=O) groups is 2. The number of anilines is 1. The number of nitrogens with zero attached hydrogens (tertiary/aromatic N) is 3. The molecular formula is C20H27N3O4. The van der Waals surface area contributed by atoms with E-state index in [1.807, 2.05) is 23.1 Å². The van der Waals surface area contributed by atoms with E-state index in [4.69, 9.17) is 9.47 Å². The minimum atomic E-state index is -0.492. The number of carbonyl (C=O) groups excluding carboxylic acids is 2. The molecule has 0 N–H and O–H groups in total. The van der Waals surface area contributed by atoms with Crippen molar-refractivity contribution in [1.82, 2.24) is 9.80 Å². The van der Waals surface area contributed by atoms with Gasteiger partial charge in [0.1, 0.15) is 6.42 Å². The lowest BCUT2D eigenvalue weighted by atomic mass is 10.0. The van der Waals surface area contributed by atoms with E-state index < -0.39 is 5.79 Å². The molecule has 0 atom stereocenters. The normalized spacial score (nSPS) is 22.3. The average molecular weight is 373 g/mol. The maximum absolute atomic E-state index is 12.6.